The van der Waals surface area contributed by atoms with E-state index in [1.807, 2.05) is 18.2 Å². The summed E-state index contributed by atoms with van der Waals surface area (Å²) >= 11 is 0. The fourth-order valence-corrected chi connectivity index (χ4v) is 2.24. The minimum atomic E-state index is -0.0312. The van der Waals surface area contributed by atoms with Crippen molar-refractivity contribution in [3.05, 3.63) is 41.5 Å². The van der Waals surface area contributed by atoms with Crippen molar-refractivity contribution in [3.8, 4) is 5.75 Å². The summed E-state index contributed by atoms with van der Waals surface area (Å²) in [5.41, 5.74) is 2.18. The summed E-state index contributed by atoms with van der Waals surface area (Å²) in [5.74, 6) is 1.52. The van der Waals surface area contributed by atoms with Gasteiger partial charge in [-0.25, -0.2) is 4.98 Å². The van der Waals surface area contributed by atoms with E-state index >= 15 is 0 Å². The zero-order chi connectivity index (χ0) is 13.9. The van der Waals surface area contributed by atoms with E-state index in [0.717, 1.165) is 24.3 Å². The van der Waals surface area contributed by atoms with Crippen LogP contribution in [0.25, 0.3) is 0 Å². The lowest BCUT2D eigenvalue weighted by Crippen LogP contribution is -2.25. The third kappa shape index (κ3) is 2.79. The van der Waals surface area contributed by atoms with E-state index in [1.54, 1.807) is 18.1 Å². The Labute approximate surface area is 116 Å². The second-order valence-corrected chi connectivity index (χ2v) is 4.83. The van der Waals surface area contributed by atoms with Crippen molar-refractivity contribution >= 4 is 5.91 Å². The number of hydrogen-bond donors (Lipinski definition) is 1. The molecule has 3 rings (SSSR count). The first-order chi connectivity index (χ1) is 9.70. The first kappa shape index (κ1) is 12.7. The number of rotatable bonds is 4. The molecule has 20 heavy (non-hydrogen) atoms. The van der Waals surface area contributed by atoms with Crippen LogP contribution in [-0.2, 0) is 31.2 Å². The van der Waals surface area contributed by atoms with Gasteiger partial charge >= 0.3 is 0 Å². The number of ether oxygens (including phenoxy) is 1. The van der Waals surface area contributed by atoms with Gasteiger partial charge in [0.15, 0.2) is 5.82 Å². The molecule has 1 aliphatic rings. The third-order valence-electron chi connectivity index (χ3n) is 3.21. The molecule has 0 spiro atoms. The van der Waals surface area contributed by atoms with Gasteiger partial charge in [0.25, 0.3) is 0 Å². The predicted octanol–water partition coefficient (Wildman–Crippen LogP) is 0.609. The lowest BCUT2D eigenvalue weighted by atomic mass is 10.1. The molecule has 1 aromatic heterocycles. The second-order valence-electron chi connectivity index (χ2n) is 4.83. The van der Waals surface area contributed by atoms with Crippen molar-refractivity contribution < 1.29 is 9.53 Å². The summed E-state index contributed by atoms with van der Waals surface area (Å²) in [6.07, 6.45) is 2.89. The van der Waals surface area contributed by atoms with Gasteiger partial charge in [-0.05, 0) is 17.2 Å². The molecule has 0 unspecified atom stereocenters. The van der Waals surface area contributed by atoms with Crippen LogP contribution in [0.2, 0.25) is 0 Å². The molecular formula is C14H16N4O2. The summed E-state index contributed by atoms with van der Waals surface area (Å²) in [4.78, 5) is 16.0. The van der Waals surface area contributed by atoms with Crippen LogP contribution in [0.3, 0.4) is 0 Å². The summed E-state index contributed by atoms with van der Waals surface area (Å²) in [6.45, 7) is 1.09. The van der Waals surface area contributed by atoms with Gasteiger partial charge in [0.1, 0.15) is 12.1 Å². The number of fused-ring (bicyclic) bond motifs is 1. The number of aryl methyl sites for hydroxylation is 1. The highest BCUT2D eigenvalue weighted by Gasteiger charge is 2.13. The third-order valence-corrected chi connectivity index (χ3v) is 3.21. The molecule has 2 aromatic rings. The van der Waals surface area contributed by atoms with Gasteiger partial charge in [-0.15, -0.1) is 0 Å². The number of carbonyl (C=O) groups excluding carboxylic acids is 1. The Morgan fingerprint density at radius 1 is 1.50 bits per heavy atom. The number of carbonyl (C=O) groups is 1. The lowest BCUT2D eigenvalue weighted by molar-refractivity contribution is -0.120. The zero-order valence-corrected chi connectivity index (χ0v) is 11.3. The van der Waals surface area contributed by atoms with E-state index in [4.69, 9.17) is 4.74 Å². The maximum absolute atomic E-state index is 11.9. The SMILES string of the molecule is Cn1cnc(CNC(=O)Cc2ccc3c(c2)CCO3)n1. The lowest BCUT2D eigenvalue weighted by Gasteiger charge is -2.05. The van der Waals surface area contributed by atoms with Crippen molar-refractivity contribution in [2.75, 3.05) is 6.61 Å². The molecule has 2 heterocycles. The van der Waals surface area contributed by atoms with Crippen LogP contribution >= 0.6 is 0 Å². The normalized spacial score (nSPS) is 12.8. The summed E-state index contributed by atoms with van der Waals surface area (Å²) in [6, 6.07) is 5.91. The molecule has 0 fully saturated rings. The van der Waals surface area contributed by atoms with Crippen LogP contribution in [0.15, 0.2) is 24.5 Å². The maximum Gasteiger partial charge on any atom is 0.224 e. The Morgan fingerprint density at radius 2 is 2.40 bits per heavy atom. The van der Waals surface area contributed by atoms with Gasteiger partial charge in [0.05, 0.1) is 19.6 Å². The van der Waals surface area contributed by atoms with E-state index in [0.29, 0.717) is 18.8 Å². The summed E-state index contributed by atoms with van der Waals surface area (Å²) in [7, 11) is 1.80. The van der Waals surface area contributed by atoms with Crippen molar-refractivity contribution in [2.24, 2.45) is 7.05 Å². The van der Waals surface area contributed by atoms with Gasteiger partial charge in [-0.2, -0.15) is 5.10 Å². The van der Waals surface area contributed by atoms with Gasteiger partial charge in [0.2, 0.25) is 5.91 Å². The Morgan fingerprint density at radius 3 is 3.20 bits per heavy atom. The van der Waals surface area contributed by atoms with Crippen molar-refractivity contribution in [1.29, 1.82) is 0 Å². The molecule has 0 radical (unpaired) electrons. The summed E-state index contributed by atoms with van der Waals surface area (Å²) in [5, 5.41) is 6.93. The number of nitrogens with zero attached hydrogens (tertiary/aromatic N) is 3. The highest BCUT2D eigenvalue weighted by molar-refractivity contribution is 5.78. The Kier molecular flexibility index (Phi) is 3.37. The minimum absolute atomic E-state index is 0.0312. The van der Waals surface area contributed by atoms with Gasteiger partial charge in [-0.3, -0.25) is 9.48 Å². The zero-order valence-electron chi connectivity index (χ0n) is 11.3. The molecule has 0 atom stereocenters. The summed E-state index contributed by atoms with van der Waals surface area (Å²) < 4.78 is 7.06. The fourth-order valence-electron chi connectivity index (χ4n) is 2.24. The highest BCUT2D eigenvalue weighted by atomic mass is 16.5. The molecule has 0 bridgehead atoms. The minimum Gasteiger partial charge on any atom is -0.493 e. The molecule has 1 amide bonds. The Bertz CT molecular complexity index is 636. The van der Waals surface area contributed by atoms with Crippen molar-refractivity contribution in [1.82, 2.24) is 20.1 Å². The number of aromatic nitrogens is 3. The van der Waals surface area contributed by atoms with Crippen LogP contribution in [0, 0.1) is 0 Å². The number of benzene rings is 1. The van der Waals surface area contributed by atoms with Gasteiger partial charge in [-0.1, -0.05) is 12.1 Å². The van der Waals surface area contributed by atoms with E-state index in [9.17, 15) is 4.79 Å². The number of amides is 1. The van der Waals surface area contributed by atoms with E-state index < -0.39 is 0 Å². The second kappa shape index (κ2) is 5.32. The van der Waals surface area contributed by atoms with Crippen LogP contribution in [0.1, 0.15) is 17.0 Å². The molecule has 6 heteroatoms. The molecule has 1 aromatic carbocycles. The van der Waals surface area contributed by atoms with E-state index in [2.05, 4.69) is 15.4 Å². The first-order valence-electron chi connectivity index (χ1n) is 6.56. The maximum atomic E-state index is 11.9. The Hall–Kier alpha value is -2.37. The van der Waals surface area contributed by atoms with Crippen LogP contribution in [-0.4, -0.2) is 27.3 Å². The molecular weight excluding hydrogens is 256 g/mol. The monoisotopic (exact) mass is 272 g/mol. The van der Waals surface area contributed by atoms with Crippen molar-refractivity contribution in [2.45, 2.75) is 19.4 Å². The molecule has 6 nitrogen and oxygen atoms in total. The highest BCUT2D eigenvalue weighted by Crippen LogP contribution is 2.25. The van der Waals surface area contributed by atoms with Gasteiger partial charge < -0.3 is 10.1 Å². The van der Waals surface area contributed by atoms with Crippen LogP contribution in [0.4, 0.5) is 0 Å². The Balaban J connectivity index is 1.56. The van der Waals surface area contributed by atoms with E-state index in [1.165, 1.54) is 5.56 Å². The topological polar surface area (TPSA) is 69.0 Å². The molecule has 0 saturated carbocycles. The van der Waals surface area contributed by atoms with Crippen LogP contribution in [0.5, 0.6) is 5.75 Å². The molecule has 1 N–H and O–H groups in total. The van der Waals surface area contributed by atoms with Crippen molar-refractivity contribution in [3.63, 3.8) is 0 Å². The number of hydrogen-bond acceptors (Lipinski definition) is 4. The molecule has 0 aliphatic carbocycles. The largest absolute Gasteiger partial charge is 0.493 e. The average Bonchev–Trinajstić information content (AvgIpc) is 3.04. The molecule has 104 valence electrons. The first-order valence-corrected chi connectivity index (χ1v) is 6.56. The smallest absolute Gasteiger partial charge is 0.224 e. The standard InChI is InChI=1S/C14H16N4O2/c1-18-9-16-13(17-18)8-15-14(19)7-10-2-3-12-11(6-10)4-5-20-12/h2-3,6,9H,4-5,7-8H2,1H3,(H,15,19). The fraction of sp³-hybridized carbons (Fsp3) is 0.357. The van der Waals surface area contributed by atoms with Crippen LogP contribution < -0.4 is 10.1 Å². The molecule has 0 saturated heterocycles. The predicted molar refractivity (Wildman–Crippen MR) is 72.2 cm³/mol. The van der Waals surface area contributed by atoms with Gasteiger partial charge in [0, 0.05) is 13.5 Å². The molecule has 1 aliphatic heterocycles. The quantitative estimate of drug-likeness (QED) is 0.885. The average molecular weight is 272 g/mol. The van der Waals surface area contributed by atoms with E-state index in [-0.39, 0.29) is 5.91 Å². The number of nitrogens with one attached hydrogen (secondary N) is 1.